The number of rotatable bonds is 0. The smallest absolute Gasteiger partial charge is 1.00 e. The third-order valence-electron chi connectivity index (χ3n) is 1.50. The van der Waals surface area contributed by atoms with Gasteiger partial charge in [-0.05, 0) is 19.1 Å². The molecule has 0 radical (unpaired) electrons. The molecule has 0 spiro atoms. The van der Waals surface area contributed by atoms with E-state index in [4.69, 9.17) is 0 Å². The third kappa shape index (κ3) is 1.86. The van der Waals surface area contributed by atoms with Gasteiger partial charge in [-0.25, -0.2) is 4.98 Å². The summed E-state index contributed by atoms with van der Waals surface area (Å²) < 4.78 is 1.22. The predicted molar refractivity (Wildman–Crippen MR) is 52.7 cm³/mol. The van der Waals surface area contributed by atoms with Gasteiger partial charge in [0.2, 0.25) is 0 Å². The van der Waals surface area contributed by atoms with Gasteiger partial charge in [0, 0.05) is 4.90 Å². The summed E-state index contributed by atoms with van der Waals surface area (Å²) in [4.78, 5) is 5.32. The van der Waals surface area contributed by atoms with Crippen LogP contribution in [0.1, 0.15) is 6.43 Å². The second-order valence-corrected chi connectivity index (χ2v) is 4.07. The summed E-state index contributed by atoms with van der Waals surface area (Å²) in [7, 11) is 0. The van der Waals surface area contributed by atoms with Crippen LogP contribution in [-0.2, 0) is 0 Å². The minimum atomic E-state index is 0. The van der Waals surface area contributed by atoms with E-state index in [0.717, 1.165) is 15.4 Å². The maximum Gasteiger partial charge on any atom is 1.00 e. The Kier molecular flexibility index (Phi) is 3.61. The minimum absolute atomic E-state index is 0. The molecule has 0 amide bonds. The van der Waals surface area contributed by atoms with E-state index < -0.39 is 0 Å². The SMILES string of the molecule is Cc1nc2c(S)cccc2s1.[H-].[Na+]. The molecule has 12 heavy (non-hydrogen) atoms. The van der Waals surface area contributed by atoms with E-state index in [0.29, 0.717) is 0 Å². The molecule has 1 aromatic carbocycles. The number of fused-ring (bicyclic) bond motifs is 1. The van der Waals surface area contributed by atoms with E-state index in [9.17, 15) is 0 Å². The largest absolute Gasteiger partial charge is 1.00 e. The maximum absolute atomic E-state index is 4.35. The van der Waals surface area contributed by atoms with E-state index in [-0.39, 0.29) is 31.0 Å². The van der Waals surface area contributed by atoms with Crippen LogP contribution in [0.25, 0.3) is 10.2 Å². The van der Waals surface area contributed by atoms with E-state index in [1.54, 1.807) is 11.3 Å². The monoisotopic (exact) mass is 205 g/mol. The van der Waals surface area contributed by atoms with Gasteiger partial charge in [0.25, 0.3) is 0 Å². The van der Waals surface area contributed by atoms with Crippen LogP contribution in [0, 0.1) is 6.92 Å². The predicted octanol–water partition coefficient (Wildman–Crippen LogP) is 0.00992. The fraction of sp³-hybridized carbons (Fsp3) is 0.125. The number of para-hydroxylation sites is 1. The summed E-state index contributed by atoms with van der Waals surface area (Å²) in [5, 5.41) is 1.10. The quantitative estimate of drug-likeness (QED) is 0.472. The van der Waals surface area contributed by atoms with Crippen molar-refractivity contribution in [2.45, 2.75) is 11.8 Å². The number of nitrogens with zero attached hydrogens (tertiary/aromatic N) is 1. The molecule has 0 saturated carbocycles. The fourth-order valence-corrected chi connectivity index (χ4v) is 2.23. The number of hydrogen-bond donors (Lipinski definition) is 1. The van der Waals surface area contributed by atoms with Crippen molar-refractivity contribution in [3.63, 3.8) is 0 Å². The Labute approximate surface area is 104 Å². The number of hydrogen-bond acceptors (Lipinski definition) is 3. The Hall–Kier alpha value is 0.460. The van der Waals surface area contributed by atoms with Gasteiger partial charge in [0.1, 0.15) is 0 Å². The van der Waals surface area contributed by atoms with Crippen LogP contribution < -0.4 is 29.6 Å². The molecular formula is C8H8NNaS2. The van der Waals surface area contributed by atoms with E-state index in [1.807, 2.05) is 19.1 Å². The third-order valence-corrected chi connectivity index (χ3v) is 2.80. The Morgan fingerprint density at radius 2 is 2.25 bits per heavy atom. The zero-order valence-corrected chi connectivity index (χ0v) is 10.7. The van der Waals surface area contributed by atoms with Gasteiger partial charge >= 0.3 is 29.6 Å². The molecule has 0 atom stereocenters. The van der Waals surface area contributed by atoms with Crippen LogP contribution in [0.15, 0.2) is 23.1 Å². The van der Waals surface area contributed by atoms with Crippen molar-refractivity contribution < 1.29 is 31.0 Å². The summed E-state index contributed by atoms with van der Waals surface area (Å²) in [6.45, 7) is 2.01. The standard InChI is InChI=1S/C8H7NS2.Na.H/c1-5-9-8-6(10)3-2-4-7(8)11-5;;/h2-4,10H,1H3;;/q;+1;-1. The van der Waals surface area contributed by atoms with Gasteiger partial charge < -0.3 is 1.43 Å². The van der Waals surface area contributed by atoms with E-state index in [1.165, 1.54) is 4.70 Å². The molecule has 0 aliphatic carbocycles. The van der Waals surface area contributed by atoms with Gasteiger partial charge in [-0.1, -0.05) is 6.07 Å². The van der Waals surface area contributed by atoms with Crippen LogP contribution in [0.5, 0.6) is 0 Å². The second kappa shape index (κ2) is 4.11. The molecule has 2 aromatic rings. The first kappa shape index (κ1) is 10.5. The van der Waals surface area contributed by atoms with Crippen molar-refractivity contribution in [1.82, 2.24) is 4.98 Å². The van der Waals surface area contributed by atoms with E-state index >= 15 is 0 Å². The summed E-state index contributed by atoms with van der Waals surface area (Å²) in [6, 6.07) is 6.03. The van der Waals surface area contributed by atoms with Crippen molar-refractivity contribution in [2.75, 3.05) is 0 Å². The first-order valence-electron chi connectivity index (χ1n) is 3.32. The number of benzene rings is 1. The van der Waals surface area contributed by atoms with Gasteiger partial charge in [-0.3, -0.25) is 0 Å². The van der Waals surface area contributed by atoms with Gasteiger partial charge in [-0.2, -0.15) is 0 Å². The number of thiazole rings is 1. The van der Waals surface area contributed by atoms with Crippen LogP contribution in [0.2, 0.25) is 0 Å². The van der Waals surface area contributed by atoms with Crippen LogP contribution in [0.3, 0.4) is 0 Å². The van der Waals surface area contributed by atoms with Crippen LogP contribution in [-0.4, -0.2) is 4.98 Å². The molecule has 0 aliphatic rings. The Morgan fingerprint density at radius 3 is 2.92 bits per heavy atom. The van der Waals surface area contributed by atoms with Crippen LogP contribution >= 0.6 is 24.0 Å². The van der Waals surface area contributed by atoms with Gasteiger partial charge in [-0.15, -0.1) is 24.0 Å². The molecule has 4 heteroatoms. The molecule has 1 nitrogen and oxygen atoms in total. The Morgan fingerprint density at radius 1 is 1.50 bits per heavy atom. The molecule has 0 fully saturated rings. The van der Waals surface area contributed by atoms with Crippen molar-refractivity contribution in [2.24, 2.45) is 0 Å². The van der Waals surface area contributed by atoms with Crippen molar-refractivity contribution in [3.05, 3.63) is 23.2 Å². The zero-order valence-electron chi connectivity index (χ0n) is 8.03. The van der Waals surface area contributed by atoms with Crippen molar-refractivity contribution in [3.8, 4) is 0 Å². The molecule has 2 rings (SSSR count). The van der Waals surface area contributed by atoms with Crippen molar-refractivity contribution in [1.29, 1.82) is 0 Å². The average Bonchev–Trinajstić information content (AvgIpc) is 2.31. The van der Waals surface area contributed by atoms with E-state index in [2.05, 4.69) is 23.7 Å². The molecule has 0 bridgehead atoms. The average molecular weight is 205 g/mol. The summed E-state index contributed by atoms with van der Waals surface area (Å²) in [5.74, 6) is 0. The van der Waals surface area contributed by atoms with Crippen molar-refractivity contribution >= 4 is 34.2 Å². The first-order chi connectivity index (χ1) is 5.27. The number of aryl methyl sites for hydroxylation is 1. The summed E-state index contributed by atoms with van der Waals surface area (Å²) >= 11 is 6.01. The molecule has 1 heterocycles. The number of aromatic nitrogens is 1. The fourth-order valence-electron chi connectivity index (χ4n) is 1.04. The summed E-state index contributed by atoms with van der Waals surface area (Å²) in [6.07, 6.45) is 0. The molecule has 58 valence electrons. The molecular weight excluding hydrogens is 197 g/mol. The topological polar surface area (TPSA) is 12.9 Å². The van der Waals surface area contributed by atoms with Gasteiger partial charge in [0.15, 0.2) is 0 Å². The van der Waals surface area contributed by atoms with Gasteiger partial charge in [0.05, 0.1) is 15.2 Å². The number of thiol groups is 1. The minimum Gasteiger partial charge on any atom is -1.00 e. The molecule has 0 N–H and O–H groups in total. The normalized spacial score (nSPS) is 9.83. The molecule has 1 aromatic heterocycles. The first-order valence-corrected chi connectivity index (χ1v) is 4.59. The zero-order chi connectivity index (χ0) is 7.84. The molecule has 0 unspecified atom stereocenters. The van der Waals surface area contributed by atoms with Crippen LogP contribution in [0.4, 0.5) is 0 Å². The summed E-state index contributed by atoms with van der Waals surface area (Å²) in [5.41, 5.74) is 1.03. The maximum atomic E-state index is 4.35. The second-order valence-electron chi connectivity index (χ2n) is 2.36. The molecule has 0 aliphatic heterocycles. The molecule has 0 saturated heterocycles. The Balaban J connectivity index is 0.000000720. The Bertz CT molecular complexity index is 402.